The molecule has 2 amide bonds. The van der Waals surface area contributed by atoms with Gasteiger partial charge in [0.05, 0.1) is 17.0 Å². The number of piperidine rings is 1. The van der Waals surface area contributed by atoms with Crippen LogP contribution in [0, 0.1) is 16.0 Å². The Balaban J connectivity index is 2.07. The number of benzene rings is 1. The number of nitrogens with one attached hydrogen (secondary N) is 1. The summed E-state index contributed by atoms with van der Waals surface area (Å²) >= 11 is 0. The van der Waals surface area contributed by atoms with Gasteiger partial charge in [0.25, 0.3) is 11.6 Å². The average molecular weight is 406 g/mol. The molecule has 1 aliphatic heterocycles. The van der Waals surface area contributed by atoms with E-state index < -0.39 is 23.4 Å². The number of rotatable bonds is 7. The van der Waals surface area contributed by atoms with Gasteiger partial charge in [-0.25, -0.2) is 4.79 Å². The Bertz CT molecular complexity index is 797. The first kappa shape index (κ1) is 22.1. The molecule has 0 aliphatic carbocycles. The molecule has 0 saturated carbocycles. The first-order valence-electron chi connectivity index (χ1n) is 9.38. The fraction of sp³-hybridized carbons (Fsp3) is 0.526. The number of anilines is 1. The van der Waals surface area contributed by atoms with Crippen molar-refractivity contribution in [2.24, 2.45) is 5.92 Å². The molecular weight excluding hydrogens is 380 g/mol. The summed E-state index contributed by atoms with van der Waals surface area (Å²) in [6.07, 6.45) is 2.03. The van der Waals surface area contributed by atoms with Crippen molar-refractivity contribution in [3.63, 3.8) is 0 Å². The fourth-order valence-corrected chi connectivity index (χ4v) is 3.18. The van der Waals surface area contributed by atoms with Crippen LogP contribution in [-0.4, -0.2) is 67.9 Å². The molecule has 158 valence electrons. The molecule has 10 heteroatoms. The monoisotopic (exact) mass is 406 g/mol. The summed E-state index contributed by atoms with van der Waals surface area (Å²) in [7, 11) is 2.85. The number of amides is 2. The van der Waals surface area contributed by atoms with E-state index in [0.717, 1.165) is 30.8 Å². The molecule has 1 fully saturated rings. The molecular formula is C19H26N4O6. The maximum Gasteiger partial charge on any atom is 0.338 e. The first-order valence-corrected chi connectivity index (χ1v) is 9.38. The highest BCUT2D eigenvalue weighted by Gasteiger charge is 2.26. The van der Waals surface area contributed by atoms with E-state index in [4.69, 9.17) is 4.74 Å². The quantitative estimate of drug-likeness (QED) is 0.410. The Labute approximate surface area is 168 Å². The number of nitro benzene ring substituents is 1. The molecule has 2 rings (SSSR count). The van der Waals surface area contributed by atoms with Gasteiger partial charge in [-0.05, 0) is 30.9 Å². The second kappa shape index (κ2) is 9.85. The standard InChI is InChI=1S/C19H26N4O6/c1-13-5-4-8-22(10-13)15-7-6-14(9-16(15)23(27)28)19(26)29-12-18(25)21(3)11-17(24)20-2/h6-7,9,13H,4-5,8,10-12H2,1-3H3,(H,20,24)/t13-/m0/s1. The van der Waals surface area contributed by atoms with Gasteiger partial charge in [0, 0.05) is 33.3 Å². The minimum absolute atomic E-state index is 0.00716. The molecule has 0 aromatic heterocycles. The summed E-state index contributed by atoms with van der Waals surface area (Å²) in [6.45, 7) is 2.81. The minimum atomic E-state index is -0.839. The van der Waals surface area contributed by atoms with Gasteiger partial charge in [-0.2, -0.15) is 0 Å². The van der Waals surface area contributed by atoms with E-state index in [2.05, 4.69) is 12.2 Å². The van der Waals surface area contributed by atoms with Crippen LogP contribution in [0.5, 0.6) is 0 Å². The van der Waals surface area contributed by atoms with Gasteiger partial charge in [0.15, 0.2) is 6.61 Å². The predicted octanol–water partition coefficient (Wildman–Crippen LogP) is 1.19. The molecule has 1 aromatic rings. The van der Waals surface area contributed by atoms with Gasteiger partial charge in [-0.15, -0.1) is 0 Å². The van der Waals surface area contributed by atoms with Gasteiger partial charge in [0.2, 0.25) is 5.91 Å². The zero-order valence-electron chi connectivity index (χ0n) is 16.8. The molecule has 10 nitrogen and oxygen atoms in total. The van der Waals surface area contributed by atoms with Gasteiger partial charge in [0.1, 0.15) is 5.69 Å². The van der Waals surface area contributed by atoms with Gasteiger partial charge < -0.3 is 19.9 Å². The van der Waals surface area contributed by atoms with Crippen LogP contribution in [0.25, 0.3) is 0 Å². The van der Waals surface area contributed by atoms with Crippen LogP contribution in [-0.2, 0) is 14.3 Å². The van der Waals surface area contributed by atoms with E-state index in [1.165, 1.54) is 26.2 Å². The van der Waals surface area contributed by atoms with Gasteiger partial charge in [-0.1, -0.05) is 6.92 Å². The summed E-state index contributed by atoms with van der Waals surface area (Å²) in [5.41, 5.74) is 0.295. The molecule has 29 heavy (non-hydrogen) atoms. The van der Waals surface area contributed by atoms with Crippen LogP contribution < -0.4 is 10.2 Å². The normalized spacial score (nSPS) is 16.1. The van der Waals surface area contributed by atoms with Crippen molar-refractivity contribution in [2.75, 3.05) is 45.2 Å². The number of ether oxygens (including phenoxy) is 1. The molecule has 0 unspecified atom stereocenters. The van der Waals surface area contributed by atoms with E-state index in [1.54, 1.807) is 6.07 Å². The Hall–Kier alpha value is -3.17. The maximum absolute atomic E-state index is 12.3. The molecule has 0 spiro atoms. The van der Waals surface area contributed by atoms with Crippen molar-refractivity contribution >= 4 is 29.2 Å². The largest absolute Gasteiger partial charge is 0.452 e. The van der Waals surface area contributed by atoms with Crippen LogP contribution in [0.15, 0.2) is 18.2 Å². The van der Waals surface area contributed by atoms with E-state index in [9.17, 15) is 24.5 Å². The molecule has 1 aromatic carbocycles. The summed E-state index contributed by atoms with van der Waals surface area (Å²) in [5, 5.41) is 13.9. The van der Waals surface area contributed by atoms with Crippen molar-refractivity contribution in [3.8, 4) is 0 Å². The topological polar surface area (TPSA) is 122 Å². The van der Waals surface area contributed by atoms with Crippen molar-refractivity contribution in [1.29, 1.82) is 0 Å². The van der Waals surface area contributed by atoms with E-state index in [0.29, 0.717) is 11.6 Å². The summed E-state index contributed by atoms with van der Waals surface area (Å²) in [5.74, 6) is -1.32. The molecule has 0 bridgehead atoms. The number of esters is 1. The number of carbonyl (C=O) groups excluding carboxylic acids is 3. The zero-order chi connectivity index (χ0) is 21.6. The Morgan fingerprint density at radius 3 is 2.72 bits per heavy atom. The number of likely N-dealkylation sites (N-methyl/N-ethyl adjacent to an activating group) is 2. The van der Waals surface area contributed by atoms with Crippen LogP contribution in [0.4, 0.5) is 11.4 Å². The molecule has 1 saturated heterocycles. The van der Waals surface area contributed by atoms with E-state index in [1.807, 2.05) is 4.90 Å². The predicted molar refractivity (Wildman–Crippen MR) is 106 cm³/mol. The Kier molecular flexibility index (Phi) is 7.52. The van der Waals surface area contributed by atoms with Crippen LogP contribution in [0.3, 0.4) is 0 Å². The van der Waals surface area contributed by atoms with Gasteiger partial charge >= 0.3 is 5.97 Å². The lowest BCUT2D eigenvalue weighted by molar-refractivity contribution is -0.384. The summed E-state index contributed by atoms with van der Waals surface area (Å²) in [6, 6.07) is 4.19. The molecule has 0 radical (unpaired) electrons. The molecule has 1 aliphatic rings. The Morgan fingerprint density at radius 1 is 1.38 bits per heavy atom. The maximum atomic E-state index is 12.3. The molecule has 1 N–H and O–H groups in total. The fourth-order valence-electron chi connectivity index (χ4n) is 3.18. The SMILES string of the molecule is CNC(=O)CN(C)C(=O)COC(=O)c1ccc(N2CCC[C@H](C)C2)c([N+](=O)[O-])c1. The number of nitro groups is 1. The lowest BCUT2D eigenvalue weighted by Crippen LogP contribution is -2.39. The smallest absolute Gasteiger partial charge is 0.338 e. The van der Waals surface area contributed by atoms with Crippen LogP contribution in [0.1, 0.15) is 30.1 Å². The van der Waals surface area contributed by atoms with Crippen molar-refractivity contribution in [2.45, 2.75) is 19.8 Å². The summed E-state index contributed by atoms with van der Waals surface area (Å²) in [4.78, 5) is 49.6. The highest BCUT2D eigenvalue weighted by Crippen LogP contribution is 2.32. The van der Waals surface area contributed by atoms with Crippen molar-refractivity contribution in [3.05, 3.63) is 33.9 Å². The second-order valence-electron chi connectivity index (χ2n) is 7.15. The van der Waals surface area contributed by atoms with Gasteiger partial charge in [-0.3, -0.25) is 19.7 Å². The van der Waals surface area contributed by atoms with E-state index >= 15 is 0 Å². The summed E-state index contributed by atoms with van der Waals surface area (Å²) < 4.78 is 4.97. The highest BCUT2D eigenvalue weighted by atomic mass is 16.6. The third-order valence-electron chi connectivity index (χ3n) is 4.82. The second-order valence-corrected chi connectivity index (χ2v) is 7.15. The zero-order valence-corrected chi connectivity index (χ0v) is 16.8. The lowest BCUT2D eigenvalue weighted by atomic mass is 9.99. The third kappa shape index (κ3) is 5.90. The number of nitrogens with zero attached hydrogens (tertiary/aromatic N) is 3. The van der Waals surface area contributed by atoms with Crippen molar-refractivity contribution in [1.82, 2.24) is 10.2 Å². The minimum Gasteiger partial charge on any atom is -0.452 e. The van der Waals surface area contributed by atoms with Crippen LogP contribution in [0.2, 0.25) is 0 Å². The van der Waals surface area contributed by atoms with Crippen LogP contribution >= 0.6 is 0 Å². The van der Waals surface area contributed by atoms with E-state index in [-0.39, 0.29) is 23.7 Å². The number of hydrogen-bond donors (Lipinski definition) is 1. The third-order valence-corrected chi connectivity index (χ3v) is 4.82. The lowest BCUT2D eigenvalue weighted by Gasteiger charge is -2.32. The number of hydrogen-bond acceptors (Lipinski definition) is 7. The molecule has 1 heterocycles. The van der Waals surface area contributed by atoms with Crippen molar-refractivity contribution < 1.29 is 24.0 Å². The highest BCUT2D eigenvalue weighted by molar-refractivity contribution is 5.93. The Morgan fingerprint density at radius 2 is 2.10 bits per heavy atom. The average Bonchev–Trinajstić information content (AvgIpc) is 2.70. The first-order chi connectivity index (χ1) is 13.7. The molecule has 1 atom stereocenters. The number of carbonyl (C=O) groups is 3.